The molecule has 0 radical (unpaired) electrons. The molecule has 3 rings (SSSR count). The molecule has 0 saturated carbocycles. The molecule has 0 aliphatic rings. The molecule has 0 saturated heterocycles. The number of Topliss-reactive ketones (excluding diaryl/α,β-unsaturated/α-hetero) is 1. The van der Waals surface area contributed by atoms with Crippen LogP contribution in [0.15, 0.2) is 36.4 Å². The highest BCUT2D eigenvalue weighted by atomic mass is 35.5. The van der Waals surface area contributed by atoms with Gasteiger partial charge >= 0.3 is 5.97 Å². The Morgan fingerprint density at radius 2 is 1.96 bits per heavy atom. The molecule has 0 aliphatic carbocycles. The second kappa shape index (κ2) is 8.06. The van der Waals surface area contributed by atoms with E-state index in [1.165, 1.54) is 25.1 Å². The van der Waals surface area contributed by atoms with Crippen molar-refractivity contribution in [2.24, 2.45) is 0 Å². The van der Waals surface area contributed by atoms with Crippen molar-refractivity contribution < 1.29 is 23.5 Å². The summed E-state index contributed by atoms with van der Waals surface area (Å²) in [7, 11) is 0. The summed E-state index contributed by atoms with van der Waals surface area (Å²) in [5, 5.41) is 0.839. The molecule has 0 amide bonds. The lowest BCUT2D eigenvalue weighted by Crippen LogP contribution is -2.07. The lowest BCUT2D eigenvalue weighted by Gasteiger charge is -2.12. The van der Waals surface area contributed by atoms with Crippen LogP contribution >= 0.6 is 22.9 Å². The predicted molar refractivity (Wildman–Crippen MR) is 104 cm³/mol. The van der Waals surface area contributed by atoms with Gasteiger partial charge in [-0.2, -0.15) is 0 Å². The number of carbonyl (C=O) groups excluding carboxylic acids is 2. The highest BCUT2D eigenvalue weighted by Crippen LogP contribution is 2.36. The first-order chi connectivity index (χ1) is 12.9. The van der Waals surface area contributed by atoms with Gasteiger partial charge in [-0.3, -0.25) is 4.79 Å². The molecule has 1 heterocycles. The first-order valence-electron chi connectivity index (χ1n) is 8.22. The zero-order chi connectivity index (χ0) is 19.6. The molecule has 4 nitrogen and oxygen atoms in total. The third-order valence-electron chi connectivity index (χ3n) is 3.90. The Kier molecular flexibility index (Phi) is 5.77. The molecule has 7 heteroatoms. The highest BCUT2D eigenvalue weighted by Gasteiger charge is 2.20. The van der Waals surface area contributed by atoms with Gasteiger partial charge in [0.05, 0.1) is 11.6 Å². The van der Waals surface area contributed by atoms with Crippen molar-refractivity contribution in [2.45, 2.75) is 20.5 Å². The number of benzene rings is 2. The van der Waals surface area contributed by atoms with Gasteiger partial charge < -0.3 is 9.47 Å². The summed E-state index contributed by atoms with van der Waals surface area (Å²) in [6, 6.07) is 9.13. The SMILES string of the molecule is CCOc1ccc(C(C)=O)cc1COC(=O)c1sc2cc(F)ccc2c1Cl. The summed E-state index contributed by atoms with van der Waals surface area (Å²) in [4.78, 5) is 24.3. The van der Waals surface area contributed by atoms with E-state index in [4.69, 9.17) is 21.1 Å². The fourth-order valence-corrected chi connectivity index (χ4v) is 4.01. The number of fused-ring (bicyclic) bond motifs is 1. The molecule has 0 N–H and O–H groups in total. The highest BCUT2D eigenvalue weighted by molar-refractivity contribution is 7.21. The number of thiophene rings is 1. The van der Waals surface area contributed by atoms with Crippen LogP contribution in [0.3, 0.4) is 0 Å². The normalized spacial score (nSPS) is 10.8. The van der Waals surface area contributed by atoms with E-state index in [1.54, 1.807) is 18.2 Å². The minimum absolute atomic E-state index is 0.0752. The predicted octanol–water partition coefficient (Wildman–Crippen LogP) is 5.65. The molecule has 27 heavy (non-hydrogen) atoms. The summed E-state index contributed by atoms with van der Waals surface area (Å²) in [5.74, 6) is -0.569. The van der Waals surface area contributed by atoms with Gasteiger partial charge in [-0.1, -0.05) is 11.6 Å². The maximum absolute atomic E-state index is 13.4. The van der Waals surface area contributed by atoms with Crippen molar-refractivity contribution in [2.75, 3.05) is 6.61 Å². The fraction of sp³-hybridized carbons (Fsp3) is 0.200. The standard InChI is InChI=1S/C20H16ClFO4S/c1-3-25-16-7-4-12(11(2)23)8-13(16)10-26-20(24)19-18(21)15-6-5-14(22)9-17(15)27-19/h4-9H,3,10H2,1-2H3. The van der Waals surface area contributed by atoms with Crippen LogP contribution in [-0.4, -0.2) is 18.4 Å². The molecule has 0 aliphatic heterocycles. The van der Waals surface area contributed by atoms with Crippen molar-refractivity contribution in [3.63, 3.8) is 0 Å². The number of ketones is 1. The van der Waals surface area contributed by atoms with Crippen LogP contribution in [0.1, 0.15) is 39.4 Å². The number of hydrogen-bond donors (Lipinski definition) is 0. The van der Waals surface area contributed by atoms with E-state index in [9.17, 15) is 14.0 Å². The van der Waals surface area contributed by atoms with Crippen molar-refractivity contribution in [3.05, 3.63) is 63.2 Å². The Morgan fingerprint density at radius 1 is 1.19 bits per heavy atom. The first-order valence-corrected chi connectivity index (χ1v) is 9.41. The van der Waals surface area contributed by atoms with E-state index in [2.05, 4.69) is 0 Å². The minimum Gasteiger partial charge on any atom is -0.493 e. The Bertz CT molecular complexity index is 1030. The quantitative estimate of drug-likeness (QED) is 0.392. The van der Waals surface area contributed by atoms with Gasteiger partial charge in [0.15, 0.2) is 5.78 Å². The van der Waals surface area contributed by atoms with Crippen LogP contribution in [0.4, 0.5) is 4.39 Å². The second-order valence-electron chi connectivity index (χ2n) is 5.77. The number of halogens is 2. The molecule has 140 valence electrons. The van der Waals surface area contributed by atoms with Crippen molar-refractivity contribution in [1.29, 1.82) is 0 Å². The van der Waals surface area contributed by atoms with Crippen LogP contribution in [0.2, 0.25) is 5.02 Å². The molecule has 0 unspecified atom stereocenters. The van der Waals surface area contributed by atoms with Gasteiger partial charge in [-0.05, 0) is 50.2 Å². The third kappa shape index (κ3) is 4.12. The Labute approximate surface area is 164 Å². The summed E-state index contributed by atoms with van der Waals surface area (Å²) in [6.45, 7) is 3.66. The van der Waals surface area contributed by atoms with E-state index < -0.39 is 11.8 Å². The largest absolute Gasteiger partial charge is 0.493 e. The van der Waals surface area contributed by atoms with Crippen LogP contribution in [0, 0.1) is 5.82 Å². The van der Waals surface area contributed by atoms with Gasteiger partial charge in [-0.15, -0.1) is 11.3 Å². The van der Waals surface area contributed by atoms with E-state index in [0.29, 0.717) is 33.6 Å². The van der Waals surface area contributed by atoms with Gasteiger partial charge in [0.2, 0.25) is 0 Å². The third-order valence-corrected chi connectivity index (χ3v) is 5.54. The van der Waals surface area contributed by atoms with Gasteiger partial charge in [0, 0.05) is 21.2 Å². The molecule has 0 fully saturated rings. The lowest BCUT2D eigenvalue weighted by atomic mass is 10.1. The maximum atomic E-state index is 13.4. The average Bonchev–Trinajstić information content (AvgIpc) is 2.96. The number of esters is 1. The topological polar surface area (TPSA) is 52.6 Å². The maximum Gasteiger partial charge on any atom is 0.350 e. The Morgan fingerprint density at radius 3 is 2.67 bits per heavy atom. The van der Waals surface area contributed by atoms with E-state index in [-0.39, 0.29) is 22.3 Å². The molecular formula is C20H16ClFO4S. The second-order valence-corrected chi connectivity index (χ2v) is 7.20. The van der Waals surface area contributed by atoms with Gasteiger partial charge in [0.25, 0.3) is 0 Å². The zero-order valence-corrected chi connectivity index (χ0v) is 16.2. The van der Waals surface area contributed by atoms with Crippen LogP contribution in [0.5, 0.6) is 5.75 Å². The summed E-state index contributed by atoms with van der Waals surface area (Å²) in [6.07, 6.45) is 0. The van der Waals surface area contributed by atoms with E-state index in [0.717, 1.165) is 11.3 Å². The Hall–Kier alpha value is -2.44. The molecule has 1 aromatic heterocycles. The fourth-order valence-electron chi connectivity index (χ4n) is 2.59. The molecule has 3 aromatic rings. The monoisotopic (exact) mass is 406 g/mol. The van der Waals surface area contributed by atoms with E-state index in [1.807, 2.05) is 6.92 Å². The van der Waals surface area contributed by atoms with Crippen LogP contribution in [-0.2, 0) is 11.3 Å². The van der Waals surface area contributed by atoms with E-state index >= 15 is 0 Å². The molecule has 2 aromatic carbocycles. The summed E-state index contributed by atoms with van der Waals surface area (Å²) in [5.41, 5.74) is 1.08. The zero-order valence-electron chi connectivity index (χ0n) is 14.7. The smallest absolute Gasteiger partial charge is 0.350 e. The summed E-state index contributed by atoms with van der Waals surface area (Å²) >= 11 is 7.32. The summed E-state index contributed by atoms with van der Waals surface area (Å²) < 4.78 is 24.8. The number of hydrogen-bond acceptors (Lipinski definition) is 5. The molecular weight excluding hydrogens is 391 g/mol. The minimum atomic E-state index is -0.614. The van der Waals surface area contributed by atoms with Crippen LogP contribution < -0.4 is 4.74 Å². The average molecular weight is 407 g/mol. The number of rotatable bonds is 6. The van der Waals surface area contributed by atoms with Crippen molar-refractivity contribution in [1.82, 2.24) is 0 Å². The molecule has 0 atom stereocenters. The lowest BCUT2D eigenvalue weighted by molar-refractivity contribution is 0.0476. The Balaban J connectivity index is 1.84. The van der Waals surface area contributed by atoms with Crippen LogP contribution in [0.25, 0.3) is 10.1 Å². The first kappa shape index (κ1) is 19.3. The number of carbonyl (C=O) groups is 2. The van der Waals surface area contributed by atoms with Gasteiger partial charge in [0.1, 0.15) is 23.1 Å². The van der Waals surface area contributed by atoms with Crippen molar-refractivity contribution >= 4 is 44.8 Å². The molecule has 0 bridgehead atoms. The van der Waals surface area contributed by atoms with Crippen molar-refractivity contribution in [3.8, 4) is 5.75 Å². The van der Waals surface area contributed by atoms with Gasteiger partial charge in [-0.25, -0.2) is 9.18 Å². The number of ether oxygens (including phenoxy) is 2. The molecule has 0 spiro atoms.